The molecule has 1 amide bonds. The van der Waals surface area contributed by atoms with Crippen molar-refractivity contribution in [2.24, 2.45) is 5.92 Å². The summed E-state index contributed by atoms with van der Waals surface area (Å²) in [6.07, 6.45) is 3.77. The first-order valence-corrected chi connectivity index (χ1v) is 8.03. The molecule has 1 N–H and O–H groups in total. The molecule has 0 aliphatic carbocycles. The normalized spacial score (nSPS) is 19.1. The van der Waals surface area contributed by atoms with Crippen molar-refractivity contribution < 1.29 is 14.3 Å². The molecule has 1 aliphatic heterocycles. The van der Waals surface area contributed by atoms with Crippen LogP contribution in [0.2, 0.25) is 0 Å². The lowest BCUT2D eigenvalue weighted by Crippen LogP contribution is -2.41. The third kappa shape index (κ3) is 3.32. The highest BCUT2D eigenvalue weighted by molar-refractivity contribution is 5.87. The molecule has 0 radical (unpaired) electrons. The molecule has 2 aromatic rings. The van der Waals surface area contributed by atoms with Crippen LogP contribution in [0.1, 0.15) is 20.3 Å². The van der Waals surface area contributed by atoms with E-state index >= 15 is 0 Å². The van der Waals surface area contributed by atoms with Gasteiger partial charge in [0.2, 0.25) is 5.91 Å². The number of imidazole rings is 1. The first kappa shape index (κ1) is 16.2. The fourth-order valence-corrected chi connectivity index (χ4v) is 2.99. The van der Waals surface area contributed by atoms with Crippen LogP contribution < -0.4 is 5.32 Å². The molecule has 1 saturated heterocycles. The number of aromatic nitrogens is 2. The first-order valence-electron chi connectivity index (χ1n) is 8.03. The summed E-state index contributed by atoms with van der Waals surface area (Å²) in [5.41, 5.74) is 0.288. The van der Waals surface area contributed by atoms with Crippen molar-refractivity contribution in [1.82, 2.24) is 14.9 Å². The summed E-state index contributed by atoms with van der Waals surface area (Å²) >= 11 is 0. The van der Waals surface area contributed by atoms with Gasteiger partial charge in [0.15, 0.2) is 0 Å². The molecule has 1 aromatic carbocycles. The fraction of sp³-hybridized carbons (Fsp3) is 0.389. The molecule has 6 nitrogen and oxygen atoms in total. The second-order valence-electron chi connectivity index (χ2n) is 6.44. The second kappa shape index (κ2) is 6.47. The molecule has 0 spiro atoms. The number of cyclic esters (lactones) is 1. The van der Waals surface area contributed by atoms with E-state index in [2.05, 4.69) is 10.3 Å². The fourth-order valence-electron chi connectivity index (χ4n) is 2.99. The van der Waals surface area contributed by atoms with Crippen LogP contribution in [-0.4, -0.2) is 33.6 Å². The van der Waals surface area contributed by atoms with Crippen molar-refractivity contribution in [3.05, 3.63) is 42.7 Å². The van der Waals surface area contributed by atoms with Crippen LogP contribution in [0.4, 0.5) is 0 Å². The third-order valence-corrected chi connectivity index (χ3v) is 4.30. The summed E-state index contributed by atoms with van der Waals surface area (Å²) in [5.74, 6) is -0.0423. The maximum Gasteiger partial charge on any atom is 0.307 e. The van der Waals surface area contributed by atoms with Crippen molar-refractivity contribution >= 4 is 11.9 Å². The van der Waals surface area contributed by atoms with Crippen molar-refractivity contribution in [3.63, 3.8) is 0 Å². The second-order valence-corrected chi connectivity index (χ2v) is 6.44. The molecule has 0 bridgehead atoms. The summed E-state index contributed by atoms with van der Waals surface area (Å²) in [4.78, 5) is 28.1. The minimum Gasteiger partial charge on any atom is -0.459 e. The zero-order valence-corrected chi connectivity index (χ0v) is 13.9. The van der Waals surface area contributed by atoms with Crippen LogP contribution in [0, 0.1) is 5.92 Å². The summed E-state index contributed by atoms with van der Waals surface area (Å²) < 4.78 is 7.19. The van der Waals surface area contributed by atoms with E-state index in [1.807, 2.05) is 41.1 Å². The van der Waals surface area contributed by atoms with Gasteiger partial charge in [-0.1, -0.05) is 30.3 Å². The highest BCUT2D eigenvalue weighted by Gasteiger charge is 2.45. The lowest BCUT2D eigenvalue weighted by Gasteiger charge is -2.23. The van der Waals surface area contributed by atoms with Gasteiger partial charge in [-0.25, -0.2) is 4.98 Å². The lowest BCUT2D eigenvalue weighted by atomic mass is 9.90. The summed E-state index contributed by atoms with van der Waals surface area (Å²) in [7, 11) is 0. The molecule has 1 aliphatic rings. The Labute approximate surface area is 140 Å². The Balaban J connectivity index is 1.59. The third-order valence-electron chi connectivity index (χ3n) is 4.30. The van der Waals surface area contributed by atoms with E-state index in [4.69, 9.17) is 4.74 Å². The van der Waals surface area contributed by atoms with Crippen molar-refractivity contribution in [2.75, 3.05) is 6.54 Å². The Morgan fingerprint density at radius 2 is 2.12 bits per heavy atom. The molecule has 1 atom stereocenters. The SMILES string of the molecule is CC1(C)OC(=O)CC1C(=O)NCCn1ccnc1-c1ccccc1. The van der Waals surface area contributed by atoms with Crippen LogP contribution in [0.3, 0.4) is 0 Å². The van der Waals surface area contributed by atoms with Gasteiger partial charge in [-0.2, -0.15) is 0 Å². The van der Waals surface area contributed by atoms with Crippen LogP contribution in [0.25, 0.3) is 11.4 Å². The van der Waals surface area contributed by atoms with Gasteiger partial charge in [-0.05, 0) is 13.8 Å². The number of hydrogen-bond donors (Lipinski definition) is 1. The monoisotopic (exact) mass is 327 g/mol. The number of hydrogen-bond acceptors (Lipinski definition) is 4. The molecule has 2 heterocycles. The molecule has 0 saturated carbocycles. The van der Waals surface area contributed by atoms with E-state index < -0.39 is 11.5 Å². The molecule has 3 rings (SSSR count). The van der Waals surface area contributed by atoms with Gasteiger partial charge < -0.3 is 14.6 Å². The predicted molar refractivity (Wildman–Crippen MR) is 89.0 cm³/mol. The van der Waals surface area contributed by atoms with E-state index in [1.54, 1.807) is 20.0 Å². The molecule has 6 heteroatoms. The van der Waals surface area contributed by atoms with Gasteiger partial charge in [-0.15, -0.1) is 0 Å². The van der Waals surface area contributed by atoms with E-state index in [9.17, 15) is 9.59 Å². The molecule has 1 fully saturated rings. The van der Waals surface area contributed by atoms with Gasteiger partial charge in [0.05, 0.1) is 12.3 Å². The van der Waals surface area contributed by atoms with Crippen molar-refractivity contribution in [1.29, 1.82) is 0 Å². The number of amides is 1. The Hall–Kier alpha value is -2.63. The maximum atomic E-state index is 12.3. The van der Waals surface area contributed by atoms with Gasteiger partial charge >= 0.3 is 5.97 Å². The average molecular weight is 327 g/mol. The summed E-state index contributed by atoms with van der Waals surface area (Å²) in [6, 6.07) is 9.90. The molecular formula is C18H21N3O3. The average Bonchev–Trinajstić information content (AvgIpc) is 3.11. The number of ether oxygens (including phenoxy) is 1. The molecule has 1 aromatic heterocycles. The van der Waals surface area contributed by atoms with E-state index in [0.717, 1.165) is 11.4 Å². The number of nitrogens with one attached hydrogen (secondary N) is 1. The van der Waals surface area contributed by atoms with Crippen LogP contribution in [0.5, 0.6) is 0 Å². The Bertz CT molecular complexity index is 737. The zero-order valence-electron chi connectivity index (χ0n) is 13.9. The Morgan fingerprint density at radius 1 is 1.38 bits per heavy atom. The Kier molecular flexibility index (Phi) is 4.38. The predicted octanol–water partition coefficient (Wildman–Crippen LogP) is 2.01. The van der Waals surface area contributed by atoms with Crippen molar-refractivity contribution in [3.8, 4) is 11.4 Å². The topological polar surface area (TPSA) is 73.2 Å². The number of nitrogens with zero attached hydrogens (tertiary/aromatic N) is 2. The van der Waals surface area contributed by atoms with Gasteiger partial charge in [0.1, 0.15) is 11.4 Å². The molecule has 126 valence electrons. The first-order chi connectivity index (χ1) is 11.5. The van der Waals surface area contributed by atoms with Crippen LogP contribution in [0.15, 0.2) is 42.7 Å². The molecular weight excluding hydrogens is 306 g/mol. The smallest absolute Gasteiger partial charge is 0.307 e. The standard InChI is InChI=1S/C18H21N3O3/c1-18(2)14(12-15(22)24-18)17(23)20-9-11-21-10-8-19-16(21)13-6-4-3-5-7-13/h3-8,10,14H,9,11-12H2,1-2H3,(H,20,23). The van der Waals surface area contributed by atoms with Crippen LogP contribution in [-0.2, 0) is 20.9 Å². The zero-order chi connectivity index (χ0) is 17.2. The van der Waals surface area contributed by atoms with Gasteiger partial charge in [0, 0.05) is 31.0 Å². The summed E-state index contributed by atoms with van der Waals surface area (Å²) in [5, 5.41) is 2.90. The number of esters is 1. The van der Waals surface area contributed by atoms with Crippen molar-refractivity contribution in [2.45, 2.75) is 32.4 Å². The van der Waals surface area contributed by atoms with E-state index in [0.29, 0.717) is 13.1 Å². The number of carbonyl (C=O) groups is 2. The molecule has 24 heavy (non-hydrogen) atoms. The van der Waals surface area contributed by atoms with E-state index in [1.165, 1.54) is 0 Å². The van der Waals surface area contributed by atoms with Gasteiger partial charge in [0.25, 0.3) is 0 Å². The van der Waals surface area contributed by atoms with Crippen LogP contribution >= 0.6 is 0 Å². The minimum absolute atomic E-state index is 0.138. The molecule has 1 unspecified atom stereocenters. The highest BCUT2D eigenvalue weighted by Crippen LogP contribution is 2.32. The van der Waals surface area contributed by atoms with E-state index in [-0.39, 0.29) is 18.3 Å². The lowest BCUT2D eigenvalue weighted by molar-refractivity contribution is -0.147. The number of rotatable bonds is 5. The number of carbonyl (C=O) groups excluding carboxylic acids is 2. The minimum atomic E-state index is -0.745. The highest BCUT2D eigenvalue weighted by atomic mass is 16.6. The number of benzene rings is 1. The maximum absolute atomic E-state index is 12.3. The van der Waals surface area contributed by atoms with Gasteiger partial charge in [-0.3, -0.25) is 9.59 Å². The summed E-state index contributed by atoms with van der Waals surface area (Å²) in [6.45, 7) is 4.62. The largest absolute Gasteiger partial charge is 0.459 e. The Morgan fingerprint density at radius 3 is 2.79 bits per heavy atom. The quantitative estimate of drug-likeness (QED) is 0.853.